The number of amides is 1. The zero-order chi connectivity index (χ0) is 13.7. The van der Waals surface area contributed by atoms with Gasteiger partial charge in [-0.2, -0.15) is 17.0 Å². The van der Waals surface area contributed by atoms with E-state index in [0.29, 0.717) is 17.9 Å². The van der Waals surface area contributed by atoms with E-state index in [1.54, 1.807) is 17.8 Å². The third-order valence-electron chi connectivity index (χ3n) is 2.81. The Morgan fingerprint density at radius 3 is 3.00 bits per heavy atom. The number of thioether (sulfide) groups is 1. The van der Waals surface area contributed by atoms with Gasteiger partial charge in [0.15, 0.2) is 6.61 Å². The first kappa shape index (κ1) is 14.2. The molecule has 1 unspecified atom stereocenters. The summed E-state index contributed by atoms with van der Waals surface area (Å²) in [5, 5.41) is 11.9. The van der Waals surface area contributed by atoms with Crippen LogP contribution >= 0.6 is 27.7 Å². The van der Waals surface area contributed by atoms with Crippen molar-refractivity contribution >= 4 is 33.6 Å². The van der Waals surface area contributed by atoms with E-state index in [1.165, 1.54) is 0 Å². The Morgan fingerprint density at radius 2 is 2.37 bits per heavy atom. The molecule has 0 aliphatic carbocycles. The Morgan fingerprint density at radius 1 is 1.58 bits per heavy atom. The van der Waals surface area contributed by atoms with Crippen molar-refractivity contribution in [1.29, 1.82) is 5.26 Å². The van der Waals surface area contributed by atoms with E-state index in [-0.39, 0.29) is 12.5 Å². The van der Waals surface area contributed by atoms with Crippen molar-refractivity contribution in [2.75, 3.05) is 18.1 Å². The monoisotopic (exact) mass is 340 g/mol. The molecule has 1 aliphatic heterocycles. The van der Waals surface area contributed by atoms with Gasteiger partial charge in [0, 0.05) is 5.75 Å². The second-order valence-corrected chi connectivity index (χ2v) is 6.22. The van der Waals surface area contributed by atoms with Crippen molar-refractivity contribution in [3.63, 3.8) is 0 Å². The predicted molar refractivity (Wildman–Crippen MR) is 78.1 cm³/mol. The maximum Gasteiger partial charge on any atom is 0.259 e. The third kappa shape index (κ3) is 3.64. The first-order chi connectivity index (χ1) is 9.15. The molecule has 2 rings (SSSR count). The van der Waals surface area contributed by atoms with Crippen LogP contribution in [-0.2, 0) is 4.79 Å². The molecule has 0 spiro atoms. The van der Waals surface area contributed by atoms with E-state index in [0.717, 1.165) is 10.2 Å². The lowest BCUT2D eigenvalue weighted by Gasteiger charge is -2.21. The smallest absolute Gasteiger partial charge is 0.259 e. The molecule has 1 atom stereocenters. The molecule has 0 radical (unpaired) electrons. The highest BCUT2D eigenvalue weighted by Crippen LogP contribution is 2.27. The maximum absolute atomic E-state index is 11.8. The third-order valence-corrected chi connectivity index (χ3v) is 4.65. The molecular formula is C13H13BrN2O2S. The van der Waals surface area contributed by atoms with Crippen LogP contribution in [0.2, 0.25) is 0 Å². The van der Waals surface area contributed by atoms with Gasteiger partial charge in [0.2, 0.25) is 0 Å². The van der Waals surface area contributed by atoms with Crippen LogP contribution in [0.25, 0.3) is 0 Å². The maximum atomic E-state index is 11.8. The summed E-state index contributed by atoms with van der Waals surface area (Å²) in [5.41, 5.74) is -0.723. The number of nitriles is 1. The Labute approximate surface area is 124 Å². The van der Waals surface area contributed by atoms with Gasteiger partial charge in [-0.3, -0.25) is 4.79 Å². The fourth-order valence-electron chi connectivity index (χ4n) is 1.79. The molecule has 4 nitrogen and oxygen atoms in total. The predicted octanol–water partition coefficient (Wildman–Crippen LogP) is 2.34. The highest BCUT2D eigenvalue weighted by Gasteiger charge is 2.36. The van der Waals surface area contributed by atoms with Gasteiger partial charge in [-0.05, 0) is 40.2 Å². The number of ether oxygens (including phenoxy) is 1. The Balaban J connectivity index is 1.89. The van der Waals surface area contributed by atoms with Gasteiger partial charge in [-0.15, -0.1) is 0 Å². The molecule has 100 valence electrons. The summed E-state index contributed by atoms with van der Waals surface area (Å²) in [7, 11) is 0. The zero-order valence-corrected chi connectivity index (χ0v) is 12.6. The summed E-state index contributed by atoms with van der Waals surface area (Å²) in [6, 6.07) is 9.53. The van der Waals surface area contributed by atoms with Gasteiger partial charge in [-0.25, -0.2) is 0 Å². The largest absolute Gasteiger partial charge is 0.483 e. The van der Waals surface area contributed by atoms with Gasteiger partial charge in [0.1, 0.15) is 11.3 Å². The standard InChI is InChI=1S/C13H13BrN2O2S/c14-10-3-1-2-4-11(10)18-7-12(17)16-13(8-15)5-6-19-9-13/h1-4H,5-7,9H2,(H,16,17). The van der Waals surface area contributed by atoms with Crippen LogP contribution in [0.5, 0.6) is 5.75 Å². The van der Waals surface area contributed by atoms with Crippen molar-refractivity contribution in [2.24, 2.45) is 0 Å². The van der Waals surface area contributed by atoms with Gasteiger partial charge >= 0.3 is 0 Å². The molecule has 1 amide bonds. The van der Waals surface area contributed by atoms with Crippen LogP contribution in [0.4, 0.5) is 0 Å². The summed E-state index contributed by atoms with van der Waals surface area (Å²) in [5.74, 6) is 1.90. The van der Waals surface area contributed by atoms with E-state index in [1.807, 2.05) is 18.2 Å². The second-order valence-electron chi connectivity index (χ2n) is 4.26. The average Bonchev–Trinajstić information content (AvgIpc) is 2.87. The lowest BCUT2D eigenvalue weighted by atomic mass is 10.0. The molecule has 19 heavy (non-hydrogen) atoms. The fraction of sp³-hybridized carbons (Fsp3) is 0.385. The van der Waals surface area contributed by atoms with E-state index < -0.39 is 5.54 Å². The SMILES string of the molecule is N#CC1(NC(=O)COc2ccccc2Br)CCSC1. The summed E-state index contributed by atoms with van der Waals surface area (Å²) >= 11 is 5.03. The zero-order valence-electron chi connectivity index (χ0n) is 10.2. The number of nitrogens with one attached hydrogen (secondary N) is 1. The minimum Gasteiger partial charge on any atom is -0.483 e. The molecule has 1 aromatic rings. The summed E-state index contributed by atoms with van der Waals surface area (Å²) in [6.07, 6.45) is 0.689. The van der Waals surface area contributed by atoms with Crippen molar-refractivity contribution in [2.45, 2.75) is 12.0 Å². The number of hydrogen-bond donors (Lipinski definition) is 1. The average molecular weight is 341 g/mol. The van der Waals surface area contributed by atoms with Crippen LogP contribution in [0, 0.1) is 11.3 Å². The highest BCUT2D eigenvalue weighted by molar-refractivity contribution is 9.10. The fourth-order valence-corrected chi connectivity index (χ4v) is 3.45. The minimum atomic E-state index is -0.723. The van der Waals surface area contributed by atoms with Crippen LogP contribution in [0.15, 0.2) is 28.7 Å². The molecule has 0 aromatic heterocycles. The van der Waals surface area contributed by atoms with Gasteiger partial charge in [-0.1, -0.05) is 12.1 Å². The molecule has 0 bridgehead atoms. The summed E-state index contributed by atoms with van der Waals surface area (Å²) < 4.78 is 6.22. The van der Waals surface area contributed by atoms with Crippen molar-refractivity contribution in [3.8, 4) is 11.8 Å². The normalized spacial score (nSPS) is 21.7. The number of halogens is 1. The quantitative estimate of drug-likeness (QED) is 0.913. The number of rotatable bonds is 4. The number of carbonyl (C=O) groups is 1. The molecule has 0 saturated carbocycles. The summed E-state index contributed by atoms with van der Waals surface area (Å²) in [4.78, 5) is 11.8. The number of benzene rings is 1. The van der Waals surface area contributed by atoms with Crippen molar-refractivity contribution in [3.05, 3.63) is 28.7 Å². The van der Waals surface area contributed by atoms with E-state index in [9.17, 15) is 4.79 Å². The molecule has 1 heterocycles. The number of nitrogens with zero attached hydrogens (tertiary/aromatic N) is 1. The van der Waals surface area contributed by atoms with Crippen LogP contribution in [0.3, 0.4) is 0 Å². The molecule has 6 heteroatoms. The summed E-state index contributed by atoms with van der Waals surface area (Å²) in [6.45, 7) is -0.0866. The number of hydrogen-bond acceptors (Lipinski definition) is 4. The second kappa shape index (κ2) is 6.31. The van der Waals surface area contributed by atoms with Crippen LogP contribution in [0.1, 0.15) is 6.42 Å². The number of para-hydroxylation sites is 1. The number of carbonyl (C=O) groups excluding carboxylic acids is 1. The molecule has 1 N–H and O–H groups in total. The van der Waals surface area contributed by atoms with E-state index >= 15 is 0 Å². The van der Waals surface area contributed by atoms with E-state index in [4.69, 9.17) is 10.00 Å². The first-order valence-electron chi connectivity index (χ1n) is 5.82. The van der Waals surface area contributed by atoms with Gasteiger partial charge < -0.3 is 10.1 Å². The first-order valence-corrected chi connectivity index (χ1v) is 7.77. The molecule has 1 aliphatic rings. The lowest BCUT2D eigenvalue weighted by molar-refractivity contribution is -0.124. The Hall–Kier alpha value is -1.19. The molecule has 1 aromatic carbocycles. The van der Waals surface area contributed by atoms with Crippen LogP contribution < -0.4 is 10.1 Å². The Kier molecular flexibility index (Phi) is 4.72. The van der Waals surface area contributed by atoms with Gasteiger partial charge in [0.05, 0.1) is 10.5 Å². The molecular weight excluding hydrogens is 328 g/mol. The molecule has 1 saturated heterocycles. The Bertz CT molecular complexity index is 510. The minimum absolute atomic E-state index is 0.0866. The molecule has 1 fully saturated rings. The topological polar surface area (TPSA) is 62.1 Å². The lowest BCUT2D eigenvalue weighted by Crippen LogP contribution is -2.49. The van der Waals surface area contributed by atoms with Crippen LogP contribution in [-0.4, -0.2) is 29.6 Å². The van der Waals surface area contributed by atoms with Crippen molar-refractivity contribution in [1.82, 2.24) is 5.32 Å². The van der Waals surface area contributed by atoms with Gasteiger partial charge in [0.25, 0.3) is 5.91 Å². The van der Waals surface area contributed by atoms with E-state index in [2.05, 4.69) is 27.3 Å². The highest BCUT2D eigenvalue weighted by atomic mass is 79.9. The van der Waals surface area contributed by atoms with Crippen molar-refractivity contribution < 1.29 is 9.53 Å².